The third kappa shape index (κ3) is 11.3. The summed E-state index contributed by atoms with van der Waals surface area (Å²) in [4.78, 5) is 46.0. The Morgan fingerprint density at radius 2 is 0.828 bits per heavy atom. The number of esters is 4. The van der Waals surface area contributed by atoms with Gasteiger partial charge in [-0.05, 0) is 20.8 Å². The predicted octanol–water partition coefficient (Wildman–Crippen LogP) is 3.15. The third-order valence-corrected chi connectivity index (χ3v) is 4.65. The van der Waals surface area contributed by atoms with Crippen LogP contribution in [0.15, 0.2) is 0 Å². The summed E-state index contributed by atoms with van der Waals surface area (Å²) in [6, 6.07) is 0. The number of alkyl halides is 3. The maximum absolute atomic E-state index is 12.0. The Morgan fingerprint density at radius 3 is 1.03 bits per heavy atom. The van der Waals surface area contributed by atoms with Gasteiger partial charge in [-0.25, -0.2) is 0 Å². The van der Waals surface area contributed by atoms with Gasteiger partial charge in [0.2, 0.25) is 0 Å². The standard InChI is InChI=1S/C18H27Br3O8/c1-10(2)14(22)26-6-18(7-27-15(23)11(3)19,8-28-16(24)12(4)20)9-29-17(25)13(5)21/h10-13H,6-9H2,1-5H3. The molecular weight excluding hydrogens is 584 g/mol. The molecule has 0 aliphatic rings. The van der Waals surface area contributed by atoms with E-state index in [2.05, 4.69) is 47.8 Å². The number of ether oxygens (including phenoxy) is 4. The normalized spacial score (nSPS) is 16.2. The van der Waals surface area contributed by atoms with E-state index in [1.165, 1.54) is 0 Å². The average molecular weight is 611 g/mol. The first-order chi connectivity index (χ1) is 13.3. The van der Waals surface area contributed by atoms with E-state index in [1.54, 1.807) is 34.6 Å². The largest absolute Gasteiger partial charge is 0.464 e. The van der Waals surface area contributed by atoms with Gasteiger partial charge in [-0.1, -0.05) is 61.6 Å². The SMILES string of the molecule is CC(C)C(=O)OCC(COC(=O)C(C)Br)(COC(=O)C(C)Br)COC(=O)C(C)Br. The topological polar surface area (TPSA) is 105 Å². The fourth-order valence-corrected chi connectivity index (χ4v) is 2.05. The van der Waals surface area contributed by atoms with E-state index >= 15 is 0 Å². The van der Waals surface area contributed by atoms with Crippen LogP contribution in [-0.4, -0.2) is 64.8 Å². The molecule has 8 nitrogen and oxygen atoms in total. The molecule has 0 heterocycles. The van der Waals surface area contributed by atoms with Crippen molar-refractivity contribution < 1.29 is 38.1 Å². The summed E-state index contributed by atoms with van der Waals surface area (Å²) in [5.41, 5.74) is -1.27. The van der Waals surface area contributed by atoms with Crippen molar-refractivity contribution >= 4 is 71.7 Å². The maximum Gasteiger partial charge on any atom is 0.319 e. The number of halogens is 3. The molecule has 0 aliphatic carbocycles. The smallest absolute Gasteiger partial charge is 0.319 e. The van der Waals surface area contributed by atoms with E-state index in [9.17, 15) is 19.2 Å². The summed E-state index contributed by atoms with van der Waals surface area (Å²) in [5, 5.41) is 0. The van der Waals surface area contributed by atoms with Gasteiger partial charge in [0.1, 0.15) is 46.3 Å². The van der Waals surface area contributed by atoms with Crippen LogP contribution in [-0.2, 0) is 38.1 Å². The molecule has 0 aromatic carbocycles. The van der Waals surface area contributed by atoms with Crippen molar-refractivity contribution in [2.75, 3.05) is 26.4 Å². The van der Waals surface area contributed by atoms with Crippen molar-refractivity contribution in [3.8, 4) is 0 Å². The van der Waals surface area contributed by atoms with E-state index in [1.807, 2.05) is 0 Å². The highest BCUT2D eigenvalue weighted by atomic mass is 79.9. The van der Waals surface area contributed by atoms with Gasteiger partial charge in [0.05, 0.1) is 5.92 Å². The van der Waals surface area contributed by atoms with Gasteiger partial charge in [0.25, 0.3) is 0 Å². The van der Waals surface area contributed by atoms with E-state index in [4.69, 9.17) is 18.9 Å². The molecule has 11 heteroatoms. The van der Waals surface area contributed by atoms with Gasteiger partial charge in [-0.15, -0.1) is 0 Å². The lowest BCUT2D eigenvalue weighted by Gasteiger charge is -2.32. The lowest BCUT2D eigenvalue weighted by atomic mass is 9.92. The van der Waals surface area contributed by atoms with Gasteiger partial charge in [-0.3, -0.25) is 19.2 Å². The van der Waals surface area contributed by atoms with Crippen molar-refractivity contribution in [3.05, 3.63) is 0 Å². The van der Waals surface area contributed by atoms with Crippen LogP contribution < -0.4 is 0 Å². The minimum Gasteiger partial charge on any atom is -0.464 e. The molecule has 0 N–H and O–H groups in total. The average Bonchev–Trinajstić information content (AvgIpc) is 2.64. The predicted molar refractivity (Wildman–Crippen MR) is 116 cm³/mol. The van der Waals surface area contributed by atoms with Crippen LogP contribution in [0.5, 0.6) is 0 Å². The van der Waals surface area contributed by atoms with Crippen LogP contribution in [0.1, 0.15) is 34.6 Å². The molecule has 0 fully saturated rings. The van der Waals surface area contributed by atoms with E-state index in [-0.39, 0.29) is 26.4 Å². The van der Waals surface area contributed by atoms with Gasteiger partial charge < -0.3 is 18.9 Å². The molecule has 0 radical (unpaired) electrons. The molecule has 0 spiro atoms. The minimum atomic E-state index is -1.27. The second-order valence-electron chi connectivity index (χ2n) is 6.93. The Labute approximate surface area is 196 Å². The zero-order valence-electron chi connectivity index (χ0n) is 17.0. The van der Waals surface area contributed by atoms with Gasteiger partial charge in [0, 0.05) is 0 Å². The zero-order chi connectivity index (χ0) is 22.8. The number of hydrogen-bond acceptors (Lipinski definition) is 8. The zero-order valence-corrected chi connectivity index (χ0v) is 21.8. The molecule has 0 aliphatic heterocycles. The first kappa shape index (κ1) is 28.3. The second kappa shape index (κ2) is 13.6. The molecule has 3 unspecified atom stereocenters. The molecule has 0 bridgehead atoms. The Balaban J connectivity index is 5.58. The van der Waals surface area contributed by atoms with Crippen molar-refractivity contribution in [2.45, 2.75) is 49.1 Å². The molecule has 3 atom stereocenters. The van der Waals surface area contributed by atoms with Crippen molar-refractivity contribution in [1.29, 1.82) is 0 Å². The van der Waals surface area contributed by atoms with Crippen LogP contribution in [0.2, 0.25) is 0 Å². The van der Waals surface area contributed by atoms with E-state index < -0.39 is 49.7 Å². The molecule has 0 rings (SSSR count). The monoisotopic (exact) mass is 608 g/mol. The molecule has 29 heavy (non-hydrogen) atoms. The van der Waals surface area contributed by atoms with Crippen LogP contribution in [0.3, 0.4) is 0 Å². The Hall–Kier alpha value is -0.680. The molecular formula is C18H27Br3O8. The molecule has 0 aromatic heterocycles. The molecule has 0 amide bonds. The van der Waals surface area contributed by atoms with Crippen molar-refractivity contribution in [1.82, 2.24) is 0 Å². The summed E-state index contributed by atoms with van der Waals surface area (Å²) in [6.07, 6.45) is 0. The summed E-state index contributed by atoms with van der Waals surface area (Å²) < 4.78 is 21.1. The quantitative estimate of drug-likeness (QED) is 0.189. The lowest BCUT2D eigenvalue weighted by molar-refractivity contribution is -0.171. The van der Waals surface area contributed by atoms with Crippen LogP contribution in [0.4, 0.5) is 0 Å². The third-order valence-electron chi connectivity index (χ3n) is 3.53. The molecule has 0 aromatic rings. The van der Waals surface area contributed by atoms with Crippen LogP contribution in [0, 0.1) is 11.3 Å². The summed E-state index contributed by atoms with van der Waals surface area (Å²) in [5.74, 6) is -2.58. The highest BCUT2D eigenvalue weighted by Crippen LogP contribution is 2.23. The van der Waals surface area contributed by atoms with Crippen molar-refractivity contribution in [2.24, 2.45) is 11.3 Å². The number of rotatable bonds is 12. The van der Waals surface area contributed by atoms with Crippen LogP contribution in [0.25, 0.3) is 0 Å². The van der Waals surface area contributed by atoms with E-state index in [0.29, 0.717) is 0 Å². The number of hydrogen-bond donors (Lipinski definition) is 0. The number of carbonyl (C=O) groups is 4. The highest BCUT2D eigenvalue weighted by Gasteiger charge is 2.39. The molecule has 0 saturated heterocycles. The van der Waals surface area contributed by atoms with Crippen molar-refractivity contribution in [3.63, 3.8) is 0 Å². The fourth-order valence-electron chi connectivity index (χ4n) is 1.66. The summed E-state index contributed by atoms with van der Waals surface area (Å²) >= 11 is 9.32. The van der Waals surface area contributed by atoms with Crippen LogP contribution >= 0.6 is 47.8 Å². The lowest BCUT2D eigenvalue weighted by Crippen LogP contribution is -2.45. The Kier molecular flexibility index (Phi) is 13.3. The summed E-state index contributed by atoms with van der Waals surface area (Å²) in [6.45, 7) is 6.93. The van der Waals surface area contributed by atoms with Gasteiger partial charge >= 0.3 is 23.9 Å². The Morgan fingerprint density at radius 1 is 0.586 bits per heavy atom. The first-order valence-corrected chi connectivity index (χ1v) is 11.6. The summed E-state index contributed by atoms with van der Waals surface area (Å²) in [7, 11) is 0. The number of carbonyl (C=O) groups excluding carboxylic acids is 4. The minimum absolute atomic E-state index is 0.276. The van der Waals surface area contributed by atoms with Gasteiger partial charge in [-0.2, -0.15) is 0 Å². The molecule has 0 saturated carbocycles. The fraction of sp³-hybridized carbons (Fsp3) is 0.778. The molecule has 168 valence electrons. The van der Waals surface area contributed by atoms with Gasteiger partial charge in [0.15, 0.2) is 0 Å². The maximum atomic E-state index is 12.0. The van der Waals surface area contributed by atoms with E-state index in [0.717, 1.165) is 0 Å². The Bertz CT molecular complexity index is 474. The second-order valence-corrected chi connectivity index (χ2v) is 11.1. The first-order valence-electron chi connectivity index (χ1n) is 8.90. The highest BCUT2D eigenvalue weighted by molar-refractivity contribution is 9.10.